The van der Waals surface area contributed by atoms with Crippen LogP contribution in [0.5, 0.6) is 5.75 Å². The molecule has 1 aromatic carbocycles. The molecule has 1 aliphatic heterocycles. The molecular formula is C20H22N2O5S. The van der Waals surface area contributed by atoms with Gasteiger partial charge in [0.05, 0.1) is 19.2 Å². The Morgan fingerprint density at radius 3 is 2.75 bits per heavy atom. The third kappa shape index (κ3) is 4.33. The Balaban J connectivity index is 1.76. The lowest BCUT2D eigenvalue weighted by Gasteiger charge is -2.25. The summed E-state index contributed by atoms with van der Waals surface area (Å²) >= 11 is 1.30. The number of ether oxygens (including phenoxy) is 2. The van der Waals surface area contributed by atoms with Crippen molar-refractivity contribution in [3.8, 4) is 5.75 Å². The lowest BCUT2D eigenvalue weighted by molar-refractivity contribution is -0.129. The summed E-state index contributed by atoms with van der Waals surface area (Å²) < 4.78 is 10.4. The Morgan fingerprint density at radius 2 is 2.07 bits per heavy atom. The van der Waals surface area contributed by atoms with Crippen molar-refractivity contribution in [2.45, 2.75) is 26.8 Å². The van der Waals surface area contributed by atoms with Gasteiger partial charge in [-0.05, 0) is 36.6 Å². The van der Waals surface area contributed by atoms with Gasteiger partial charge in [-0.1, -0.05) is 12.1 Å². The summed E-state index contributed by atoms with van der Waals surface area (Å²) in [7, 11) is 1.31. The highest BCUT2D eigenvalue weighted by atomic mass is 32.1. The van der Waals surface area contributed by atoms with Crippen LogP contribution in [0.15, 0.2) is 24.3 Å². The van der Waals surface area contributed by atoms with E-state index in [0.29, 0.717) is 35.8 Å². The van der Waals surface area contributed by atoms with E-state index in [1.54, 1.807) is 11.0 Å². The summed E-state index contributed by atoms with van der Waals surface area (Å²) in [4.78, 5) is 38.9. The van der Waals surface area contributed by atoms with Crippen molar-refractivity contribution >= 4 is 34.1 Å². The number of nitrogens with zero attached hydrogens (tertiary/aromatic N) is 1. The van der Waals surface area contributed by atoms with Crippen LogP contribution in [0.3, 0.4) is 0 Å². The van der Waals surface area contributed by atoms with Crippen molar-refractivity contribution in [3.05, 3.63) is 45.8 Å². The van der Waals surface area contributed by atoms with Gasteiger partial charge < -0.3 is 19.7 Å². The van der Waals surface area contributed by atoms with Crippen LogP contribution in [-0.4, -0.2) is 42.9 Å². The third-order valence-electron chi connectivity index (χ3n) is 4.50. The summed E-state index contributed by atoms with van der Waals surface area (Å²) in [6, 6.07) is 7.41. The molecule has 0 atom stereocenters. The first kappa shape index (κ1) is 19.9. The number of carbonyl (C=O) groups is 3. The lowest BCUT2D eigenvalue weighted by atomic mass is 10.0. The molecule has 0 aliphatic carbocycles. The van der Waals surface area contributed by atoms with E-state index in [-0.39, 0.29) is 18.4 Å². The Labute approximate surface area is 167 Å². The van der Waals surface area contributed by atoms with Crippen molar-refractivity contribution in [3.63, 3.8) is 0 Å². The summed E-state index contributed by atoms with van der Waals surface area (Å²) in [5, 5.41) is 3.19. The molecule has 28 heavy (non-hydrogen) atoms. The second kappa shape index (κ2) is 8.43. The fourth-order valence-electron chi connectivity index (χ4n) is 3.10. The number of carbonyl (C=O) groups excluding carboxylic acids is 3. The highest BCUT2D eigenvalue weighted by Crippen LogP contribution is 2.37. The molecule has 148 valence electrons. The number of aryl methyl sites for hydroxylation is 1. The molecule has 3 rings (SSSR count). The summed E-state index contributed by atoms with van der Waals surface area (Å²) in [6.07, 6.45) is 0.547. The van der Waals surface area contributed by atoms with Gasteiger partial charge in [-0.25, -0.2) is 4.79 Å². The van der Waals surface area contributed by atoms with Crippen LogP contribution in [0.4, 0.5) is 5.00 Å². The average molecular weight is 402 g/mol. The Hall–Kier alpha value is -2.87. The summed E-state index contributed by atoms with van der Waals surface area (Å²) in [5.41, 5.74) is 2.24. The van der Waals surface area contributed by atoms with E-state index in [1.807, 2.05) is 25.1 Å². The zero-order valence-corrected chi connectivity index (χ0v) is 16.9. The lowest BCUT2D eigenvalue weighted by Crippen LogP contribution is -2.33. The Morgan fingerprint density at radius 1 is 1.29 bits per heavy atom. The highest BCUT2D eigenvalue weighted by Gasteiger charge is 2.30. The van der Waals surface area contributed by atoms with Gasteiger partial charge >= 0.3 is 5.97 Å². The predicted molar refractivity (Wildman–Crippen MR) is 106 cm³/mol. The van der Waals surface area contributed by atoms with Gasteiger partial charge in [0, 0.05) is 18.3 Å². The van der Waals surface area contributed by atoms with E-state index in [1.165, 1.54) is 25.4 Å². The van der Waals surface area contributed by atoms with Crippen LogP contribution < -0.4 is 10.1 Å². The SMILES string of the molecule is COC(=O)c1c(NC(=O)COc2cccc(C)c2)sc2c1CCN(C(C)=O)C2. The molecule has 2 amide bonds. The van der Waals surface area contributed by atoms with Gasteiger partial charge in [-0.15, -0.1) is 11.3 Å². The Kier molecular flexibility index (Phi) is 5.99. The monoisotopic (exact) mass is 402 g/mol. The molecule has 0 fully saturated rings. The first-order chi connectivity index (χ1) is 13.4. The van der Waals surface area contributed by atoms with Gasteiger partial charge in [0.2, 0.25) is 5.91 Å². The largest absolute Gasteiger partial charge is 0.484 e. The minimum Gasteiger partial charge on any atom is -0.484 e. The molecule has 8 heteroatoms. The molecule has 0 bridgehead atoms. The van der Waals surface area contributed by atoms with Crippen LogP contribution in [0.1, 0.15) is 33.3 Å². The van der Waals surface area contributed by atoms with Crippen molar-refractivity contribution < 1.29 is 23.9 Å². The van der Waals surface area contributed by atoms with Crippen LogP contribution in [0.2, 0.25) is 0 Å². The van der Waals surface area contributed by atoms with Crippen LogP contribution in [-0.2, 0) is 27.3 Å². The summed E-state index contributed by atoms with van der Waals surface area (Å²) in [5.74, 6) is -0.279. The van der Waals surface area contributed by atoms with E-state index in [9.17, 15) is 14.4 Å². The van der Waals surface area contributed by atoms with Crippen molar-refractivity contribution in [1.82, 2.24) is 4.90 Å². The molecule has 2 aromatic rings. The Bertz CT molecular complexity index is 921. The molecule has 7 nitrogen and oxygen atoms in total. The first-order valence-corrected chi connectivity index (χ1v) is 9.68. The van der Waals surface area contributed by atoms with Gasteiger partial charge in [0.15, 0.2) is 6.61 Å². The molecule has 2 heterocycles. The normalized spacial score (nSPS) is 12.9. The maximum Gasteiger partial charge on any atom is 0.341 e. The number of rotatable bonds is 5. The maximum atomic E-state index is 12.4. The molecule has 0 saturated carbocycles. The van der Waals surface area contributed by atoms with E-state index in [4.69, 9.17) is 9.47 Å². The smallest absolute Gasteiger partial charge is 0.341 e. The van der Waals surface area contributed by atoms with Gasteiger partial charge in [0.1, 0.15) is 10.8 Å². The zero-order valence-electron chi connectivity index (χ0n) is 16.0. The van der Waals surface area contributed by atoms with Crippen LogP contribution >= 0.6 is 11.3 Å². The molecule has 1 aromatic heterocycles. The average Bonchev–Trinajstić information content (AvgIpc) is 3.02. The standard InChI is InChI=1S/C20H22N2O5S/c1-12-5-4-6-14(9-12)27-11-17(24)21-19-18(20(25)26-3)15-7-8-22(13(2)23)10-16(15)28-19/h4-6,9H,7-8,10-11H2,1-3H3,(H,21,24). The van der Waals surface area contributed by atoms with Gasteiger partial charge in [0.25, 0.3) is 5.91 Å². The maximum absolute atomic E-state index is 12.4. The number of amides is 2. The summed E-state index contributed by atoms with van der Waals surface area (Å²) in [6.45, 7) is 4.25. The van der Waals surface area contributed by atoms with Crippen molar-refractivity contribution in [2.75, 3.05) is 25.6 Å². The number of benzene rings is 1. The number of hydrogen-bond donors (Lipinski definition) is 1. The molecule has 1 aliphatic rings. The van der Waals surface area contributed by atoms with Crippen molar-refractivity contribution in [1.29, 1.82) is 0 Å². The van der Waals surface area contributed by atoms with Gasteiger partial charge in [-0.3, -0.25) is 9.59 Å². The van der Waals surface area contributed by atoms with Crippen molar-refractivity contribution in [2.24, 2.45) is 0 Å². The number of nitrogens with one attached hydrogen (secondary N) is 1. The zero-order chi connectivity index (χ0) is 20.3. The highest BCUT2D eigenvalue weighted by molar-refractivity contribution is 7.17. The molecule has 0 spiro atoms. The minimum atomic E-state index is -0.497. The number of methoxy groups -OCH3 is 1. The number of anilines is 1. The second-order valence-electron chi connectivity index (χ2n) is 6.54. The first-order valence-electron chi connectivity index (χ1n) is 8.86. The molecule has 0 saturated heterocycles. The van der Waals surface area contributed by atoms with Gasteiger partial charge in [-0.2, -0.15) is 0 Å². The molecule has 0 unspecified atom stereocenters. The minimum absolute atomic E-state index is 0.0178. The third-order valence-corrected chi connectivity index (χ3v) is 5.64. The fourth-order valence-corrected chi connectivity index (χ4v) is 4.36. The van der Waals surface area contributed by atoms with E-state index < -0.39 is 5.97 Å². The second-order valence-corrected chi connectivity index (χ2v) is 7.65. The number of thiophene rings is 1. The number of esters is 1. The van der Waals surface area contributed by atoms with Crippen LogP contribution in [0.25, 0.3) is 0 Å². The molecular weight excluding hydrogens is 380 g/mol. The van der Waals surface area contributed by atoms with E-state index >= 15 is 0 Å². The quantitative estimate of drug-likeness (QED) is 0.778. The number of fused-ring (bicyclic) bond motifs is 1. The fraction of sp³-hybridized carbons (Fsp3) is 0.350. The van der Waals surface area contributed by atoms with E-state index in [2.05, 4.69) is 5.32 Å². The molecule has 1 N–H and O–H groups in total. The van der Waals surface area contributed by atoms with Crippen LogP contribution in [0, 0.1) is 6.92 Å². The topological polar surface area (TPSA) is 84.9 Å². The molecule has 0 radical (unpaired) electrons. The number of hydrogen-bond acceptors (Lipinski definition) is 6. The predicted octanol–water partition coefficient (Wildman–Crippen LogP) is 2.77. The van der Waals surface area contributed by atoms with E-state index in [0.717, 1.165) is 16.0 Å².